The van der Waals surface area contributed by atoms with Gasteiger partial charge < -0.3 is 15.1 Å². The molecular formula is C25H26ClNO4. The number of carbonyl (C=O) groups excluding carboxylic acids is 1. The van der Waals surface area contributed by atoms with Gasteiger partial charge in [-0.05, 0) is 61.1 Å². The number of carboxylic acid groups (broad SMARTS) is 1. The molecule has 5 nitrogen and oxygen atoms in total. The van der Waals surface area contributed by atoms with Crippen LogP contribution in [0.5, 0.6) is 0 Å². The number of aliphatic hydroxyl groups is 1. The zero-order chi connectivity index (χ0) is 22.0. The Bertz CT molecular complexity index is 980. The highest BCUT2D eigenvalue weighted by molar-refractivity contribution is 6.30. The first-order valence-electron chi connectivity index (χ1n) is 10.6. The number of benzene rings is 2. The molecule has 162 valence electrons. The minimum Gasteiger partial charge on any atom is -0.478 e. The second-order valence-corrected chi connectivity index (χ2v) is 8.87. The molecule has 1 amide bonds. The monoisotopic (exact) mass is 439 g/mol. The number of aromatic carboxylic acids is 1. The fraction of sp³-hybridized carbons (Fsp3) is 0.360. The fourth-order valence-corrected chi connectivity index (χ4v) is 4.53. The highest BCUT2D eigenvalue weighted by Crippen LogP contribution is 2.51. The summed E-state index contributed by atoms with van der Waals surface area (Å²) in [6.45, 7) is 0.568. The summed E-state index contributed by atoms with van der Waals surface area (Å²) in [4.78, 5) is 25.2. The third-order valence-corrected chi connectivity index (χ3v) is 6.76. The number of carboxylic acids is 1. The second kappa shape index (κ2) is 8.85. The molecule has 1 saturated carbocycles. The molecule has 1 aliphatic carbocycles. The number of hydrogen-bond donors (Lipinski definition) is 2. The van der Waals surface area contributed by atoms with Crippen LogP contribution in [-0.2, 0) is 16.6 Å². The van der Waals surface area contributed by atoms with Gasteiger partial charge in [0.1, 0.15) is 0 Å². The van der Waals surface area contributed by atoms with E-state index in [4.69, 9.17) is 16.7 Å². The summed E-state index contributed by atoms with van der Waals surface area (Å²) in [7, 11) is 0. The van der Waals surface area contributed by atoms with Crippen LogP contribution in [0.2, 0.25) is 5.02 Å². The number of rotatable bonds is 8. The van der Waals surface area contributed by atoms with E-state index in [9.17, 15) is 14.7 Å². The SMILES string of the molecule is O=C(O)c1ccc(CCN2C(=O)CCC2/C=C/C(O)C2(c3ccc(Cl)cc3)CC2)cc1. The van der Waals surface area contributed by atoms with E-state index in [0.717, 1.165) is 30.4 Å². The molecule has 1 aliphatic heterocycles. The van der Waals surface area contributed by atoms with Crippen molar-refractivity contribution in [2.24, 2.45) is 0 Å². The van der Waals surface area contributed by atoms with Gasteiger partial charge in [-0.2, -0.15) is 0 Å². The summed E-state index contributed by atoms with van der Waals surface area (Å²) in [5.41, 5.74) is 2.09. The zero-order valence-corrected chi connectivity index (χ0v) is 18.0. The molecule has 1 saturated heterocycles. The first-order valence-corrected chi connectivity index (χ1v) is 11.0. The van der Waals surface area contributed by atoms with Gasteiger partial charge in [0.05, 0.1) is 17.7 Å². The van der Waals surface area contributed by atoms with Crippen molar-refractivity contribution in [3.63, 3.8) is 0 Å². The lowest BCUT2D eigenvalue weighted by Gasteiger charge is -2.24. The Morgan fingerprint density at radius 1 is 1.16 bits per heavy atom. The molecular weight excluding hydrogens is 414 g/mol. The molecule has 2 atom stereocenters. The van der Waals surface area contributed by atoms with Crippen molar-refractivity contribution < 1.29 is 19.8 Å². The molecule has 0 radical (unpaired) electrons. The molecule has 0 aromatic heterocycles. The van der Waals surface area contributed by atoms with Gasteiger partial charge in [0.25, 0.3) is 0 Å². The Labute approximate surface area is 187 Å². The molecule has 2 N–H and O–H groups in total. The van der Waals surface area contributed by atoms with Crippen LogP contribution in [0.25, 0.3) is 0 Å². The average molecular weight is 440 g/mol. The number of likely N-dealkylation sites (tertiary alicyclic amines) is 1. The van der Waals surface area contributed by atoms with Crippen molar-refractivity contribution in [3.8, 4) is 0 Å². The van der Waals surface area contributed by atoms with Crippen LogP contribution < -0.4 is 0 Å². The smallest absolute Gasteiger partial charge is 0.335 e. The summed E-state index contributed by atoms with van der Waals surface area (Å²) in [6.07, 6.45) is 6.99. The van der Waals surface area contributed by atoms with E-state index in [2.05, 4.69) is 0 Å². The molecule has 0 spiro atoms. The molecule has 2 unspecified atom stereocenters. The van der Waals surface area contributed by atoms with E-state index >= 15 is 0 Å². The number of amides is 1. The number of hydrogen-bond acceptors (Lipinski definition) is 3. The van der Waals surface area contributed by atoms with Crippen LogP contribution in [0, 0.1) is 0 Å². The number of carbonyl (C=O) groups is 2. The summed E-state index contributed by atoms with van der Waals surface area (Å²) in [5, 5.41) is 20.6. The van der Waals surface area contributed by atoms with Crippen molar-refractivity contribution in [1.29, 1.82) is 0 Å². The van der Waals surface area contributed by atoms with Gasteiger partial charge in [0, 0.05) is 23.4 Å². The quantitative estimate of drug-likeness (QED) is 0.603. The standard InChI is InChI=1S/C25H26ClNO4/c26-20-7-5-19(6-8-20)25(14-15-25)22(28)11-9-21-10-12-23(29)27(21)16-13-17-1-3-18(4-2-17)24(30)31/h1-9,11,21-22,28H,10,12-16H2,(H,30,31)/b11-9+. The third kappa shape index (κ3) is 4.68. The largest absolute Gasteiger partial charge is 0.478 e. The lowest BCUT2D eigenvalue weighted by molar-refractivity contribution is -0.128. The van der Waals surface area contributed by atoms with Crippen LogP contribution in [0.15, 0.2) is 60.7 Å². The molecule has 31 heavy (non-hydrogen) atoms. The molecule has 0 bridgehead atoms. The van der Waals surface area contributed by atoms with Gasteiger partial charge in [-0.25, -0.2) is 4.79 Å². The lowest BCUT2D eigenvalue weighted by Crippen LogP contribution is -2.34. The maximum atomic E-state index is 12.4. The predicted molar refractivity (Wildman–Crippen MR) is 119 cm³/mol. The Morgan fingerprint density at radius 3 is 2.45 bits per heavy atom. The number of aliphatic hydroxyl groups excluding tert-OH is 1. The zero-order valence-electron chi connectivity index (χ0n) is 17.2. The molecule has 1 heterocycles. The molecule has 2 aromatic carbocycles. The van der Waals surface area contributed by atoms with Gasteiger partial charge in [-0.1, -0.05) is 48.0 Å². The summed E-state index contributed by atoms with van der Waals surface area (Å²) >= 11 is 5.99. The van der Waals surface area contributed by atoms with Gasteiger partial charge in [0.2, 0.25) is 5.91 Å². The Morgan fingerprint density at radius 2 is 1.84 bits per heavy atom. The summed E-state index contributed by atoms with van der Waals surface area (Å²) in [6, 6.07) is 14.4. The van der Waals surface area contributed by atoms with E-state index in [-0.39, 0.29) is 22.9 Å². The van der Waals surface area contributed by atoms with Crippen molar-refractivity contribution in [2.75, 3.05) is 6.54 Å². The fourth-order valence-electron chi connectivity index (χ4n) is 4.40. The highest BCUT2D eigenvalue weighted by atomic mass is 35.5. The van der Waals surface area contributed by atoms with Crippen LogP contribution in [0.3, 0.4) is 0 Å². The van der Waals surface area contributed by atoms with Crippen molar-refractivity contribution in [2.45, 2.75) is 49.7 Å². The highest BCUT2D eigenvalue weighted by Gasteiger charge is 2.49. The van der Waals surface area contributed by atoms with Crippen LogP contribution >= 0.6 is 11.6 Å². The van der Waals surface area contributed by atoms with E-state index in [0.29, 0.717) is 24.4 Å². The Hall–Kier alpha value is -2.63. The summed E-state index contributed by atoms with van der Waals surface area (Å²) < 4.78 is 0. The van der Waals surface area contributed by atoms with Gasteiger partial charge in [-0.15, -0.1) is 0 Å². The van der Waals surface area contributed by atoms with E-state index in [1.807, 2.05) is 41.3 Å². The van der Waals surface area contributed by atoms with Gasteiger partial charge in [0.15, 0.2) is 0 Å². The van der Waals surface area contributed by atoms with Crippen molar-refractivity contribution in [1.82, 2.24) is 4.90 Å². The minimum atomic E-state index is -0.947. The van der Waals surface area contributed by atoms with E-state index in [1.165, 1.54) is 0 Å². The van der Waals surface area contributed by atoms with Crippen LogP contribution in [-0.4, -0.2) is 45.7 Å². The maximum absolute atomic E-state index is 12.4. The second-order valence-electron chi connectivity index (χ2n) is 8.44. The van der Waals surface area contributed by atoms with Crippen LogP contribution in [0.1, 0.15) is 47.2 Å². The number of nitrogens with zero attached hydrogens (tertiary/aromatic N) is 1. The summed E-state index contributed by atoms with van der Waals surface area (Å²) in [5.74, 6) is -0.831. The third-order valence-electron chi connectivity index (χ3n) is 6.51. The normalized spacial score (nSPS) is 20.9. The Kier molecular flexibility index (Phi) is 6.17. The molecule has 6 heteroatoms. The topological polar surface area (TPSA) is 77.8 Å². The lowest BCUT2D eigenvalue weighted by atomic mass is 9.89. The van der Waals surface area contributed by atoms with Crippen molar-refractivity contribution >= 4 is 23.5 Å². The maximum Gasteiger partial charge on any atom is 0.335 e. The first kappa shape index (κ1) is 21.6. The van der Waals surface area contributed by atoms with Crippen molar-refractivity contribution in [3.05, 3.63) is 82.4 Å². The van der Waals surface area contributed by atoms with E-state index < -0.39 is 12.1 Å². The molecule has 2 aromatic rings. The van der Waals surface area contributed by atoms with E-state index in [1.54, 1.807) is 24.3 Å². The molecule has 2 aliphatic rings. The average Bonchev–Trinajstić information content (AvgIpc) is 3.50. The van der Waals surface area contributed by atoms with Gasteiger partial charge in [-0.3, -0.25) is 4.79 Å². The predicted octanol–water partition coefficient (Wildman–Crippen LogP) is 4.22. The number of halogens is 1. The Balaban J connectivity index is 1.39. The molecule has 2 fully saturated rings. The molecule has 4 rings (SSSR count). The first-order chi connectivity index (χ1) is 14.9. The van der Waals surface area contributed by atoms with Crippen LogP contribution in [0.4, 0.5) is 0 Å². The van der Waals surface area contributed by atoms with Gasteiger partial charge >= 0.3 is 5.97 Å². The minimum absolute atomic E-state index is 0.0264.